The Bertz CT molecular complexity index is 483. The van der Waals surface area contributed by atoms with Gasteiger partial charge in [-0.05, 0) is 23.8 Å². The van der Waals surface area contributed by atoms with Crippen LogP contribution in [-0.4, -0.2) is 14.5 Å². The van der Waals surface area contributed by atoms with Crippen LogP contribution in [0.15, 0.2) is 49.7 Å². The second-order valence-corrected chi connectivity index (χ2v) is 3.40. The Morgan fingerprint density at radius 1 is 1.25 bits per heavy atom. The van der Waals surface area contributed by atoms with Gasteiger partial charge in [-0.2, -0.15) is 0 Å². The molecule has 0 N–H and O–H groups in total. The van der Waals surface area contributed by atoms with Gasteiger partial charge in [-0.15, -0.1) is 6.58 Å². The van der Waals surface area contributed by atoms with E-state index in [4.69, 9.17) is 0 Å². The Labute approximate surface area is 94.8 Å². The maximum Gasteiger partial charge on any atom is 0.0956 e. The summed E-state index contributed by atoms with van der Waals surface area (Å²) >= 11 is 0. The van der Waals surface area contributed by atoms with Gasteiger partial charge >= 0.3 is 0 Å². The molecular weight excluding hydrogens is 198 g/mol. The van der Waals surface area contributed by atoms with E-state index >= 15 is 0 Å². The standard InChI is InChI=1S/C13H13N3/c1-2-9-16-10-13(15-11-16)4-3-12-5-7-14-8-6-12/h2-8,10-11H,1,9H2/b4-3+. The van der Waals surface area contributed by atoms with Gasteiger partial charge in [-0.25, -0.2) is 4.98 Å². The molecule has 0 aliphatic rings. The summed E-state index contributed by atoms with van der Waals surface area (Å²) in [6.07, 6.45) is 13.2. The first-order chi connectivity index (χ1) is 7.88. The van der Waals surface area contributed by atoms with E-state index in [0.717, 1.165) is 17.8 Å². The SMILES string of the molecule is C=CCn1cnc(/C=C/c2ccncc2)c1. The zero-order chi connectivity index (χ0) is 11.2. The number of pyridine rings is 1. The number of imidazole rings is 1. The Balaban J connectivity index is 2.08. The maximum atomic E-state index is 4.26. The lowest BCUT2D eigenvalue weighted by molar-refractivity contribution is 0.822. The molecule has 0 fully saturated rings. The van der Waals surface area contributed by atoms with Crippen LogP contribution in [0.3, 0.4) is 0 Å². The quantitative estimate of drug-likeness (QED) is 0.728. The molecule has 0 spiro atoms. The van der Waals surface area contributed by atoms with Crippen LogP contribution in [0.4, 0.5) is 0 Å². The average Bonchev–Trinajstić information content (AvgIpc) is 2.76. The predicted octanol–water partition coefficient (Wildman–Crippen LogP) is 2.63. The molecule has 2 rings (SSSR count). The van der Waals surface area contributed by atoms with Crippen molar-refractivity contribution in [2.45, 2.75) is 6.54 Å². The highest BCUT2D eigenvalue weighted by molar-refractivity contribution is 5.67. The van der Waals surface area contributed by atoms with Gasteiger partial charge in [0.2, 0.25) is 0 Å². The molecular formula is C13H13N3. The fourth-order valence-electron chi connectivity index (χ4n) is 1.37. The molecule has 0 bridgehead atoms. The molecule has 0 aromatic carbocycles. The lowest BCUT2D eigenvalue weighted by Gasteiger charge is -1.91. The summed E-state index contributed by atoms with van der Waals surface area (Å²) in [5.74, 6) is 0. The van der Waals surface area contributed by atoms with Crippen molar-refractivity contribution in [3.05, 3.63) is 61.0 Å². The van der Waals surface area contributed by atoms with Crippen LogP contribution in [0.25, 0.3) is 12.2 Å². The van der Waals surface area contributed by atoms with Crippen LogP contribution in [0.2, 0.25) is 0 Å². The summed E-state index contributed by atoms with van der Waals surface area (Å²) in [6, 6.07) is 3.91. The highest BCUT2D eigenvalue weighted by Gasteiger charge is 1.92. The van der Waals surface area contributed by atoms with E-state index in [1.54, 1.807) is 18.7 Å². The van der Waals surface area contributed by atoms with Gasteiger partial charge < -0.3 is 4.57 Å². The zero-order valence-electron chi connectivity index (χ0n) is 8.95. The molecule has 0 saturated carbocycles. The van der Waals surface area contributed by atoms with E-state index < -0.39 is 0 Å². The highest BCUT2D eigenvalue weighted by Crippen LogP contribution is 2.05. The molecule has 0 saturated heterocycles. The van der Waals surface area contributed by atoms with Crippen LogP contribution in [-0.2, 0) is 6.54 Å². The van der Waals surface area contributed by atoms with E-state index in [2.05, 4.69) is 16.5 Å². The zero-order valence-corrected chi connectivity index (χ0v) is 8.95. The Hall–Kier alpha value is -2.16. The Morgan fingerprint density at radius 3 is 2.81 bits per heavy atom. The number of rotatable bonds is 4. The van der Waals surface area contributed by atoms with E-state index in [9.17, 15) is 0 Å². The van der Waals surface area contributed by atoms with E-state index in [0.29, 0.717) is 0 Å². The first-order valence-electron chi connectivity index (χ1n) is 5.09. The van der Waals surface area contributed by atoms with Crippen molar-refractivity contribution in [3.8, 4) is 0 Å². The van der Waals surface area contributed by atoms with Crippen LogP contribution in [0, 0.1) is 0 Å². The smallest absolute Gasteiger partial charge is 0.0956 e. The Morgan fingerprint density at radius 2 is 2.06 bits per heavy atom. The van der Waals surface area contributed by atoms with E-state index in [1.807, 2.05) is 41.1 Å². The first kappa shape index (κ1) is 10.4. The van der Waals surface area contributed by atoms with Crippen LogP contribution >= 0.6 is 0 Å². The summed E-state index contributed by atoms with van der Waals surface area (Å²) in [6.45, 7) is 4.47. The second-order valence-electron chi connectivity index (χ2n) is 3.40. The second kappa shape index (κ2) is 5.07. The van der Waals surface area contributed by atoms with Gasteiger partial charge in [0.05, 0.1) is 12.0 Å². The van der Waals surface area contributed by atoms with Crippen LogP contribution < -0.4 is 0 Å². The molecule has 0 amide bonds. The van der Waals surface area contributed by atoms with Crippen LogP contribution in [0.1, 0.15) is 11.3 Å². The van der Waals surface area contributed by atoms with Gasteiger partial charge in [0.25, 0.3) is 0 Å². The molecule has 0 radical (unpaired) electrons. The molecule has 0 atom stereocenters. The normalized spacial score (nSPS) is 10.8. The monoisotopic (exact) mass is 211 g/mol. The maximum absolute atomic E-state index is 4.26. The number of hydrogen-bond acceptors (Lipinski definition) is 2. The molecule has 0 unspecified atom stereocenters. The first-order valence-corrected chi connectivity index (χ1v) is 5.09. The molecule has 16 heavy (non-hydrogen) atoms. The van der Waals surface area contributed by atoms with Crippen molar-refractivity contribution in [1.29, 1.82) is 0 Å². The van der Waals surface area contributed by atoms with Crippen LogP contribution in [0.5, 0.6) is 0 Å². The van der Waals surface area contributed by atoms with Crippen molar-refractivity contribution in [2.75, 3.05) is 0 Å². The largest absolute Gasteiger partial charge is 0.333 e. The van der Waals surface area contributed by atoms with Crippen molar-refractivity contribution < 1.29 is 0 Å². The van der Waals surface area contributed by atoms with Crippen molar-refractivity contribution in [2.24, 2.45) is 0 Å². The summed E-state index contributed by atoms with van der Waals surface area (Å²) in [4.78, 5) is 8.23. The molecule has 2 heterocycles. The minimum absolute atomic E-state index is 0.788. The van der Waals surface area contributed by atoms with Gasteiger partial charge in [0, 0.05) is 25.1 Å². The fraction of sp³-hybridized carbons (Fsp3) is 0.0769. The van der Waals surface area contributed by atoms with Crippen molar-refractivity contribution in [3.63, 3.8) is 0 Å². The summed E-state index contributed by atoms with van der Waals surface area (Å²) in [5, 5.41) is 0. The molecule has 80 valence electrons. The van der Waals surface area contributed by atoms with E-state index in [-0.39, 0.29) is 0 Å². The molecule has 2 aromatic heterocycles. The van der Waals surface area contributed by atoms with Gasteiger partial charge in [0.15, 0.2) is 0 Å². The molecule has 3 nitrogen and oxygen atoms in total. The predicted molar refractivity (Wildman–Crippen MR) is 65.6 cm³/mol. The minimum atomic E-state index is 0.788. The molecule has 3 heteroatoms. The number of nitrogens with zero attached hydrogens (tertiary/aromatic N) is 3. The summed E-state index contributed by atoms with van der Waals surface area (Å²) < 4.78 is 1.99. The molecule has 2 aromatic rings. The minimum Gasteiger partial charge on any atom is -0.333 e. The third kappa shape index (κ3) is 2.67. The van der Waals surface area contributed by atoms with Gasteiger partial charge in [0.1, 0.15) is 0 Å². The third-order valence-corrected chi connectivity index (χ3v) is 2.15. The number of allylic oxidation sites excluding steroid dienone is 1. The number of aromatic nitrogens is 3. The van der Waals surface area contributed by atoms with Gasteiger partial charge in [-0.1, -0.05) is 12.2 Å². The lowest BCUT2D eigenvalue weighted by Crippen LogP contribution is -1.88. The topological polar surface area (TPSA) is 30.7 Å². The van der Waals surface area contributed by atoms with Crippen molar-refractivity contribution >= 4 is 12.2 Å². The van der Waals surface area contributed by atoms with Crippen molar-refractivity contribution in [1.82, 2.24) is 14.5 Å². The molecule has 0 aliphatic carbocycles. The number of hydrogen-bond donors (Lipinski definition) is 0. The van der Waals surface area contributed by atoms with Gasteiger partial charge in [-0.3, -0.25) is 4.98 Å². The fourth-order valence-corrected chi connectivity index (χ4v) is 1.37. The van der Waals surface area contributed by atoms with E-state index in [1.165, 1.54) is 0 Å². The average molecular weight is 211 g/mol. The lowest BCUT2D eigenvalue weighted by atomic mass is 10.2. The summed E-state index contributed by atoms with van der Waals surface area (Å²) in [5.41, 5.74) is 2.06. The summed E-state index contributed by atoms with van der Waals surface area (Å²) in [7, 11) is 0. The molecule has 0 aliphatic heterocycles. The Kier molecular flexibility index (Phi) is 3.28. The highest BCUT2D eigenvalue weighted by atomic mass is 15.0. The third-order valence-electron chi connectivity index (χ3n) is 2.15.